The van der Waals surface area contributed by atoms with Gasteiger partial charge in [0.05, 0.1) is 0 Å². The van der Waals surface area contributed by atoms with E-state index in [1.54, 1.807) is 6.07 Å². The Balaban J connectivity index is 1.66. The van der Waals surface area contributed by atoms with E-state index in [-0.39, 0.29) is 0 Å². The van der Waals surface area contributed by atoms with Crippen molar-refractivity contribution in [2.45, 2.75) is 25.7 Å². The van der Waals surface area contributed by atoms with Crippen LogP contribution in [0.5, 0.6) is 0 Å². The molecule has 2 N–H and O–H groups in total. The predicted octanol–water partition coefficient (Wildman–Crippen LogP) is 4.89. The summed E-state index contributed by atoms with van der Waals surface area (Å²) in [6.07, 6.45) is 1.63. The Kier molecular flexibility index (Phi) is 4.68. The highest BCUT2D eigenvalue weighted by Gasteiger charge is 2.37. The van der Waals surface area contributed by atoms with Gasteiger partial charge in [0.25, 0.3) is 0 Å². The molecule has 4 nitrogen and oxygen atoms in total. The number of carboxylic acid groups (broad SMARTS) is 1. The Hall–Kier alpha value is -2.33. The van der Waals surface area contributed by atoms with E-state index < -0.39 is 6.09 Å². The van der Waals surface area contributed by atoms with Crippen LogP contribution in [0.3, 0.4) is 0 Å². The molecule has 3 aliphatic heterocycles. The summed E-state index contributed by atoms with van der Waals surface area (Å²) in [7, 11) is 0. The summed E-state index contributed by atoms with van der Waals surface area (Å²) in [5.74, 6) is 2.04. The second kappa shape index (κ2) is 7.12. The molecule has 2 atom stereocenters. The first-order valence-corrected chi connectivity index (χ1v) is 9.53. The molecule has 136 valence electrons. The van der Waals surface area contributed by atoms with Crippen LogP contribution in [-0.2, 0) is 0 Å². The highest BCUT2D eigenvalue weighted by Crippen LogP contribution is 2.43. The number of amides is 1. The summed E-state index contributed by atoms with van der Waals surface area (Å²) in [5.41, 5.74) is 4.27. The number of fused-ring (bicyclic) bond motifs is 3. The molecule has 1 amide bonds. The second-order valence-corrected chi connectivity index (χ2v) is 7.69. The van der Waals surface area contributed by atoms with Crippen LogP contribution in [-0.4, -0.2) is 35.7 Å². The van der Waals surface area contributed by atoms with Gasteiger partial charge in [-0.15, -0.1) is 0 Å². The maximum absolute atomic E-state index is 11.0. The molecule has 5 rings (SSSR count). The summed E-state index contributed by atoms with van der Waals surface area (Å²) < 4.78 is 0. The molecule has 3 heterocycles. The molecule has 3 aliphatic rings. The molecule has 26 heavy (non-hydrogen) atoms. The second-order valence-electron chi connectivity index (χ2n) is 7.69. The van der Waals surface area contributed by atoms with Crippen molar-refractivity contribution in [3.8, 4) is 11.1 Å². The number of carbonyl (C=O) groups is 1. The minimum absolute atomic E-state index is 0.496. The van der Waals surface area contributed by atoms with Crippen LogP contribution >= 0.6 is 0 Å². The fraction of sp³-hybridized carbons (Fsp3) is 0.409. The summed E-state index contributed by atoms with van der Waals surface area (Å²) in [4.78, 5) is 13.6. The van der Waals surface area contributed by atoms with E-state index in [1.807, 2.05) is 12.1 Å². The molecular formula is C22H26N2O2. The molecule has 2 unspecified atom stereocenters. The van der Waals surface area contributed by atoms with Gasteiger partial charge in [-0.05, 0) is 72.5 Å². The van der Waals surface area contributed by atoms with Gasteiger partial charge in [0.2, 0.25) is 0 Å². The molecule has 0 radical (unpaired) electrons. The van der Waals surface area contributed by atoms with Crippen LogP contribution in [0.1, 0.15) is 31.2 Å². The molecule has 2 bridgehead atoms. The smallest absolute Gasteiger partial charge is 0.409 e. The van der Waals surface area contributed by atoms with Crippen molar-refractivity contribution in [2.75, 3.05) is 25.0 Å². The Labute approximate surface area is 154 Å². The molecular weight excluding hydrogens is 324 g/mol. The van der Waals surface area contributed by atoms with Gasteiger partial charge in [0, 0.05) is 12.2 Å². The predicted molar refractivity (Wildman–Crippen MR) is 105 cm³/mol. The minimum Gasteiger partial charge on any atom is -0.465 e. The van der Waals surface area contributed by atoms with E-state index in [1.165, 1.54) is 43.6 Å². The number of hydrogen-bond acceptors (Lipinski definition) is 2. The van der Waals surface area contributed by atoms with Crippen LogP contribution in [0.4, 0.5) is 10.5 Å². The van der Waals surface area contributed by atoms with E-state index in [0.717, 1.165) is 11.5 Å². The van der Waals surface area contributed by atoms with Crippen molar-refractivity contribution in [1.29, 1.82) is 0 Å². The van der Waals surface area contributed by atoms with Crippen molar-refractivity contribution in [1.82, 2.24) is 4.90 Å². The first-order chi connectivity index (χ1) is 12.6. The monoisotopic (exact) mass is 350 g/mol. The number of piperidine rings is 3. The number of nitrogens with one attached hydrogen (secondary N) is 1. The zero-order valence-electron chi connectivity index (χ0n) is 15.2. The first kappa shape index (κ1) is 17.1. The maximum atomic E-state index is 11.0. The summed E-state index contributed by atoms with van der Waals surface area (Å²) in [6, 6.07) is 16.3. The topological polar surface area (TPSA) is 52.6 Å². The fourth-order valence-electron chi connectivity index (χ4n) is 4.85. The lowest BCUT2D eigenvalue weighted by Crippen LogP contribution is -2.48. The third-order valence-corrected chi connectivity index (χ3v) is 6.23. The Bertz CT molecular complexity index is 796. The van der Waals surface area contributed by atoms with E-state index in [0.29, 0.717) is 17.5 Å². The van der Waals surface area contributed by atoms with Crippen LogP contribution in [0.15, 0.2) is 48.5 Å². The maximum Gasteiger partial charge on any atom is 0.409 e. The number of anilines is 1. The molecule has 2 aromatic rings. The molecule has 4 heteroatoms. The largest absolute Gasteiger partial charge is 0.465 e. The molecule has 2 aromatic carbocycles. The van der Waals surface area contributed by atoms with Crippen molar-refractivity contribution < 1.29 is 9.90 Å². The normalized spacial score (nSPS) is 25.7. The number of nitrogens with zero attached hydrogens (tertiary/aromatic N) is 1. The Morgan fingerprint density at radius 2 is 1.92 bits per heavy atom. The van der Waals surface area contributed by atoms with E-state index in [9.17, 15) is 4.79 Å². The highest BCUT2D eigenvalue weighted by molar-refractivity contribution is 5.84. The lowest BCUT2D eigenvalue weighted by atomic mass is 9.70. The van der Waals surface area contributed by atoms with Gasteiger partial charge in [-0.25, -0.2) is 4.79 Å². The first-order valence-electron chi connectivity index (χ1n) is 9.53. The fourth-order valence-corrected chi connectivity index (χ4v) is 4.85. The number of benzene rings is 2. The Morgan fingerprint density at radius 3 is 2.62 bits per heavy atom. The molecule has 0 aliphatic carbocycles. The zero-order chi connectivity index (χ0) is 18.1. The van der Waals surface area contributed by atoms with E-state index >= 15 is 0 Å². The molecule has 0 saturated carbocycles. The Morgan fingerprint density at radius 1 is 1.15 bits per heavy atom. The van der Waals surface area contributed by atoms with Gasteiger partial charge in [-0.2, -0.15) is 0 Å². The van der Waals surface area contributed by atoms with Gasteiger partial charge in [-0.1, -0.05) is 43.3 Å². The van der Waals surface area contributed by atoms with E-state index in [2.05, 4.69) is 47.5 Å². The van der Waals surface area contributed by atoms with Crippen LogP contribution < -0.4 is 5.32 Å². The van der Waals surface area contributed by atoms with Gasteiger partial charge in [-0.3, -0.25) is 5.32 Å². The minimum atomic E-state index is -1.03. The van der Waals surface area contributed by atoms with Crippen molar-refractivity contribution in [3.63, 3.8) is 0 Å². The van der Waals surface area contributed by atoms with Gasteiger partial charge in [0.1, 0.15) is 0 Å². The van der Waals surface area contributed by atoms with Gasteiger partial charge < -0.3 is 10.0 Å². The molecule has 3 saturated heterocycles. The molecule has 3 fully saturated rings. The van der Waals surface area contributed by atoms with Gasteiger partial charge in [0.15, 0.2) is 0 Å². The number of rotatable bonds is 4. The van der Waals surface area contributed by atoms with Crippen LogP contribution in [0, 0.1) is 11.8 Å². The van der Waals surface area contributed by atoms with Crippen LogP contribution in [0.25, 0.3) is 11.1 Å². The third kappa shape index (κ3) is 3.34. The molecule has 0 spiro atoms. The van der Waals surface area contributed by atoms with Crippen molar-refractivity contribution >= 4 is 11.8 Å². The quantitative estimate of drug-likeness (QED) is 0.825. The lowest BCUT2D eigenvalue weighted by Gasteiger charge is -2.47. The van der Waals surface area contributed by atoms with Crippen molar-refractivity contribution in [2.24, 2.45) is 11.8 Å². The standard InChI is InChI=1S/C22H26N2O2/c1-15(21-14-24-11-9-16(21)10-12-24)19-7-2-3-8-20(19)17-5-4-6-18(13-17)23-22(25)26/h2-8,13,15-16,21,23H,9-12,14H2,1H3,(H,25,26). The average Bonchev–Trinajstić information content (AvgIpc) is 2.68. The third-order valence-electron chi connectivity index (χ3n) is 6.23. The zero-order valence-corrected chi connectivity index (χ0v) is 15.2. The summed E-state index contributed by atoms with van der Waals surface area (Å²) >= 11 is 0. The highest BCUT2D eigenvalue weighted by atomic mass is 16.4. The van der Waals surface area contributed by atoms with E-state index in [4.69, 9.17) is 5.11 Å². The number of hydrogen-bond donors (Lipinski definition) is 2. The summed E-state index contributed by atoms with van der Waals surface area (Å²) in [6.45, 7) is 6.10. The van der Waals surface area contributed by atoms with Gasteiger partial charge >= 0.3 is 6.09 Å². The van der Waals surface area contributed by atoms with Crippen molar-refractivity contribution in [3.05, 3.63) is 54.1 Å². The SMILES string of the molecule is CC(c1ccccc1-c1cccc(NC(=O)O)c1)C1CN2CCC1CC2. The average molecular weight is 350 g/mol. The van der Waals surface area contributed by atoms with Crippen LogP contribution in [0.2, 0.25) is 0 Å². The molecule has 0 aromatic heterocycles. The lowest BCUT2D eigenvalue weighted by molar-refractivity contribution is 0.0396. The summed E-state index contributed by atoms with van der Waals surface area (Å²) in [5, 5.41) is 11.4.